The third kappa shape index (κ3) is 4.38. The third-order valence-electron chi connectivity index (χ3n) is 2.83. The third-order valence-corrected chi connectivity index (χ3v) is 2.83. The van der Waals surface area contributed by atoms with Crippen molar-refractivity contribution in [3.8, 4) is 0 Å². The summed E-state index contributed by atoms with van der Waals surface area (Å²) in [5, 5.41) is 11.1. The van der Waals surface area contributed by atoms with Gasteiger partial charge in [-0.05, 0) is 24.6 Å². The quantitative estimate of drug-likeness (QED) is 0.812. The summed E-state index contributed by atoms with van der Waals surface area (Å²) in [6.07, 6.45) is 0.419. The molecular formula is C14H18N2O4. The average molecular weight is 278 g/mol. The van der Waals surface area contributed by atoms with Gasteiger partial charge in [0, 0.05) is 38.2 Å². The van der Waals surface area contributed by atoms with Crippen molar-refractivity contribution in [3.63, 3.8) is 0 Å². The summed E-state index contributed by atoms with van der Waals surface area (Å²) >= 11 is 0. The molecule has 0 bridgehead atoms. The van der Waals surface area contributed by atoms with E-state index in [2.05, 4.69) is 5.32 Å². The first-order valence-electron chi connectivity index (χ1n) is 6.25. The Kier molecular flexibility index (Phi) is 5.71. The molecule has 0 heterocycles. The zero-order valence-corrected chi connectivity index (χ0v) is 11.5. The Morgan fingerprint density at radius 1 is 1.25 bits per heavy atom. The number of benzene rings is 1. The number of nitrogens with zero attached hydrogens (tertiary/aromatic N) is 1. The van der Waals surface area contributed by atoms with Crippen LogP contribution in [0.25, 0.3) is 0 Å². The first kappa shape index (κ1) is 15.7. The van der Waals surface area contributed by atoms with Gasteiger partial charge < -0.3 is 15.3 Å². The Balaban J connectivity index is 2.71. The van der Waals surface area contributed by atoms with Gasteiger partial charge in [-0.25, -0.2) is 0 Å². The molecule has 0 aromatic heterocycles. The van der Waals surface area contributed by atoms with Gasteiger partial charge in [-0.1, -0.05) is 6.07 Å². The second-order valence-electron chi connectivity index (χ2n) is 4.38. The second kappa shape index (κ2) is 7.28. The van der Waals surface area contributed by atoms with Crippen LogP contribution >= 0.6 is 0 Å². The number of nitrogens with one attached hydrogen (secondary N) is 1. The molecule has 6 heteroatoms. The molecule has 1 aromatic rings. The lowest BCUT2D eigenvalue weighted by Gasteiger charge is -2.17. The van der Waals surface area contributed by atoms with E-state index in [0.29, 0.717) is 24.1 Å². The van der Waals surface area contributed by atoms with Crippen LogP contribution in [0.4, 0.5) is 0 Å². The van der Waals surface area contributed by atoms with E-state index in [-0.39, 0.29) is 18.2 Å². The minimum absolute atomic E-state index is 0.0237. The summed E-state index contributed by atoms with van der Waals surface area (Å²) in [4.78, 5) is 35.5. The molecule has 0 unspecified atom stereocenters. The van der Waals surface area contributed by atoms with Crippen LogP contribution in [0.3, 0.4) is 0 Å². The minimum Gasteiger partial charge on any atom is -0.481 e. The Morgan fingerprint density at radius 2 is 1.90 bits per heavy atom. The fourth-order valence-corrected chi connectivity index (χ4v) is 1.73. The highest BCUT2D eigenvalue weighted by Crippen LogP contribution is 2.08. The highest BCUT2D eigenvalue weighted by Gasteiger charge is 2.13. The van der Waals surface area contributed by atoms with Crippen molar-refractivity contribution in [2.75, 3.05) is 20.6 Å². The number of carbonyl (C=O) groups excluding carboxylic acids is 2. The molecule has 0 radical (unpaired) electrons. The van der Waals surface area contributed by atoms with E-state index in [9.17, 15) is 14.4 Å². The lowest BCUT2D eigenvalue weighted by Crippen LogP contribution is -2.28. The fourth-order valence-electron chi connectivity index (χ4n) is 1.73. The molecule has 1 rings (SSSR count). The molecule has 0 saturated carbocycles. The number of hydrogen-bond acceptors (Lipinski definition) is 3. The van der Waals surface area contributed by atoms with Gasteiger partial charge in [0.25, 0.3) is 11.8 Å². The molecule has 0 spiro atoms. The number of rotatable bonds is 6. The Morgan fingerprint density at radius 3 is 2.50 bits per heavy atom. The highest BCUT2D eigenvalue weighted by atomic mass is 16.4. The van der Waals surface area contributed by atoms with E-state index in [0.717, 1.165) is 0 Å². The summed E-state index contributed by atoms with van der Waals surface area (Å²) in [7, 11) is 3.13. The molecular weight excluding hydrogens is 260 g/mol. The highest BCUT2D eigenvalue weighted by molar-refractivity contribution is 5.99. The van der Waals surface area contributed by atoms with Crippen LogP contribution < -0.4 is 5.32 Å². The first-order chi connectivity index (χ1) is 9.45. The van der Waals surface area contributed by atoms with Crippen LogP contribution in [0, 0.1) is 0 Å². The van der Waals surface area contributed by atoms with Crippen molar-refractivity contribution in [2.24, 2.45) is 0 Å². The summed E-state index contributed by atoms with van der Waals surface area (Å²) in [6, 6.07) is 6.42. The van der Waals surface area contributed by atoms with Crippen molar-refractivity contribution >= 4 is 17.8 Å². The first-order valence-corrected chi connectivity index (χ1v) is 6.25. The van der Waals surface area contributed by atoms with Gasteiger partial charge in [0.2, 0.25) is 0 Å². The SMILES string of the molecule is CNC(=O)c1cccc(C(=O)N(C)CCCC(=O)O)c1. The van der Waals surface area contributed by atoms with Crippen LogP contribution in [0.1, 0.15) is 33.6 Å². The molecule has 2 amide bonds. The van der Waals surface area contributed by atoms with E-state index in [1.54, 1.807) is 25.2 Å². The number of aliphatic carboxylic acids is 1. The maximum atomic E-state index is 12.1. The summed E-state index contributed by atoms with van der Waals surface area (Å²) in [6.45, 7) is 0.356. The van der Waals surface area contributed by atoms with Crippen molar-refractivity contribution in [2.45, 2.75) is 12.8 Å². The molecule has 20 heavy (non-hydrogen) atoms. The van der Waals surface area contributed by atoms with Gasteiger partial charge in [0.1, 0.15) is 0 Å². The molecule has 6 nitrogen and oxygen atoms in total. The second-order valence-corrected chi connectivity index (χ2v) is 4.38. The average Bonchev–Trinajstić information content (AvgIpc) is 2.45. The summed E-state index contributed by atoms with van der Waals surface area (Å²) in [5.41, 5.74) is 0.821. The number of carbonyl (C=O) groups is 3. The largest absolute Gasteiger partial charge is 0.481 e. The molecule has 1 aromatic carbocycles. The molecule has 0 atom stereocenters. The number of hydrogen-bond donors (Lipinski definition) is 2. The molecule has 0 aliphatic rings. The lowest BCUT2D eigenvalue weighted by molar-refractivity contribution is -0.137. The van der Waals surface area contributed by atoms with Crippen LogP contribution in [0.15, 0.2) is 24.3 Å². The molecule has 0 fully saturated rings. The van der Waals surface area contributed by atoms with E-state index in [1.807, 2.05) is 0 Å². The standard InChI is InChI=1S/C14H18N2O4/c1-15-13(19)10-5-3-6-11(9-10)14(20)16(2)8-4-7-12(17)18/h3,5-6,9H,4,7-8H2,1-2H3,(H,15,19)(H,17,18). The Bertz CT molecular complexity index is 514. The number of amides is 2. The van der Waals surface area contributed by atoms with Crippen molar-refractivity contribution in [1.29, 1.82) is 0 Å². The zero-order chi connectivity index (χ0) is 15.1. The van der Waals surface area contributed by atoms with Crippen LogP contribution in [-0.2, 0) is 4.79 Å². The predicted octanol–water partition coefficient (Wildman–Crippen LogP) is 0.983. The fraction of sp³-hybridized carbons (Fsp3) is 0.357. The lowest BCUT2D eigenvalue weighted by atomic mass is 10.1. The zero-order valence-electron chi connectivity index (χ0n) is 11.5. The molecule has 108 valence electrons. The minimum atomic E-state index is -0.882. The van der Waals surface area contributed by atoms with Gasteiger partial charge in [0.15, 0.2) is 0 Å². The smallest absolute Gasteiger partial charge is 0.303 e. The van der Waals surface area contributed by atoms with Gasteiger partial charge in [-0.2, -0.15) is 0 Å². The van der Waals surface area contributed by atoms with Crippen LogP contribution in [-0.4, -0.2) is 48.4 Å². The van der Waals surface area contributed by atoms with E-state index >= 15 is 0 Å². The molecule has 0 aliphatic carbocycles. The topological polar surface area (TPSA) is 86.7 Å². The number of carboxylic acid groups (broad SMARTS) is 1. The van der Waals surface area contributed by atoms with Gasteiger partial charge in [-0.15, -0.1) is 0 Å². The summed E-state index contributed by atoms with van der Waals surface area (Å²) < 4.78 is 0. The molecule has 0 saturated heterocycles. The Hall–Kier alpha value is -2.37. The van der Waals surface area contributed by atoms with E-state index in [4.69, 9.17) is 5.11 Å². The molecule has 2 N–H and O–H groups in total. The number of carboxylic acids is 1. The maximum absolute atomic E-state index is 12.1. The summed E-state index contributed by atoms with van der Waals surface area (Å²) in [5.74, 6) is -1.37. The van der Waals surface area contributed by atoms with Crippen molar-refractivity contribution in [3.05, 3.63) is 35.4 Å². The molecule has 0 aliphatic heterocycles. The normalized spacial score (nSPS) is 9.90. The van der Waals surface area contributed by atoms with Crippen molar-refractivity contribution in [1.82, 2.24) is 10.2 Å². The van der Waals surface area contributed by atoms with Gasteiger partial charge in [-0.3, -0.25) is 14.4 Å². The Labute approximate surface area is 117 Å². The van der Waals surface area contributed by atoms with Gasteiger partial charge >= 0.3 is 5.97 Å². The van der Waals surface area contributed by atoms with Crippen LogP contribution in [0.5, 0.6) is 0 Å². The van der Waals surface area contributed by atoms with Crippen molar-refractivity contribution < 1.29 is 19.5 Å². The van der Waals surface area contributed by atoms with Crippen LogP contribution in [0.2, 0.25) is 0 Å². The van der Waals surface area contributed by atoms with E-state index in [1.165, 1.54) is 18.0 Å². The predicted molar refractivity (Wildman–Crippen MR) is 73.7 cm³/mol. The van der Waals surface area contributed by atoms with E-state index < -0.39 is 5.97 Å². The maximum Gasteiger partial charge on any atom is 0.303 e. The monoisotopic (exact) mass is 278 g/mol. The van der Waals surface area contributed by atoms with Gasteiger partial charge in [0.05, 0.1) is 0 Å².